The minimum Gasteiger partial charge on any atom is -0.443 e. The van der Waals surface area contributed by atoms with Gasteiger partial charge in [0.05, 0.1) is 6.04 Å². The average Bonchev–Trinajstić information content (AvgIpc) is 2.80. The number of nitrogens with one attached hydrogen (secondary N) is 1. The number of amidine groups is 1. The summed E-state index contributed by atoms with van der Waals surface area (Å²) in [5.41, 5.74) is 12.2. The Morgan fingerprint density at radius 2 is 1.91 bits per heavy atom. The molecule has 1 heterocycles. The number of ether oxygens (including phenoxy) is 2. The highest BCUT2D eigenvalue weighted by Crippen LogP contribution is 2.20. The number of alkyl carbamates (subject to hydrolysis) is 1. The molecular weight excluding hydrogens is 414 g/mol. The Morgan fingerprint density at radius 1 is 1.22 bits per heavy atom. The van der Waals surface area contributed by atoms with Crippen molar-refractivity contribution in [3.63, 3.8) is 0 Å². The van der Waals surface area contributed by atoms with Gasteiger partial charge in [0.25, 0.3) is 0 Å². The maximum atomic E-state index is 12.4. The Kier molecular flexibility index (Phi) is 10.5. The molecule has 10 nitrogen and oxygen atoms in total. The standard InChI is InChI=1S/C22H33N5O5/c1-2-16-10-13-27(14-11-16)19(28)18(23)9-6-12-25-21(29)32-20(24)26-22(30)31-15-17-7-4-3-5-8-17/h3-5,7-8,16,18H,2,6,9-15,23H2,1H3,(H,25,29)(H2,24,26,30). The van der Waals surface area contributed by atoms with Gasteiger partial charge >= 0.3 is 18.2 Å². The Hall–Kier alpha value is -3.14. The molecule has 1 aromatic rings. The Bertz CT molecular complexity index is 778. The summed E-state index contributed by atoms with van der Waals surface area (Å²) >= 11 is 0. The van der Waals surface area contributed by atoms with Crippen LogP contribution in [0.4, 0.5) is 9.59 Å². The number of hydrogen-bond donors (Lipinski definition) is 3. The van der Waals surface area contributed by atoms with Gasteiger partial charge in [-0.25, -0.2) is 9.59 Å². The minimum absolute atomic E-state index is 0.0260. The van der Waals surface area contributed by atoms with E-state index in [-0.39, 0.29) is 19.1 Å². The van der Waals surface area contributed by atoms with Gasteiger partial charge < -0.3 is 31.2 Å². The lowest BCUT2D eigenvalue weighted by Gasteiger charge is -2.33. The predicted molar refractivity (Wildman–Crippen MR) is 120 cm³/mol. The van der Waals surface area contributed by atoms with Crippen LogP contribution in [0.15, 0.2) is 35.3 Å². The first kappa shape index (κ1) is 25.1. The topological polar surface area (TPSA) is 149 Å². The van der Waals surface area contributed by atoms with E-state index in [4.69, 9.17) is 20.9 Å². The van der Waals surface area contributed by atoms with Crippen LogP contribution in [-0.4, -0.2) is 54.7 Å². The summed E-state index contributed by atoms with van der Waals surface area (Å²) in [6.07, 6.45) is 2.28. The number of piperidine rings is 1. The smallest absolute Gasteiger partial charge is 0.438 e. The summed E-state index contributed by atoms with van der Waals surface area (Å²) in [7, 11) is 0. The van der Waals surface area contributed by atoms with E-state index in [1.165, 1.54) is 0 Å². The minimum atomic E-state index is -0.966. The molecule has 1 aromatic carbocycles. The molecule has 1 atom stereocenters. The number of hydrogen-bond acceptors (Lipinski definition) is 6. The number of likely N-dealkylation sites (tertiary alicyclic amines) is 1. The van der Waals surface area contributed by atoms with E-state index in [1.54, 1.807) is 12.1 Å². The van der Waals surface area contributed by atoms with Crippen molar-refractivity contribution in [3.8, 4) is 0 Å². The normalized spacial score (nSPS) is 15.7. The van der Waals surface area contributed by atoms with Crippen LogP contribution in [0.2, 0.25) is 0 Å². The molecule has 1 aliphatic rings. The summed E-state index contributed by atoms with van der Waals surface area (Å²) in [5, 5.41) is 2.48. The van der Waals surface area contributed by atoms with Gasteiger partial charge in [0.15, 0.2) is 0 Å². The van der Waals surface area contributed by atoms with Crippen molar-refractivity contribution in [2.24, 2.45) is 22.4 Å². The fraction of sp³-hybridized carbons (Fsp3) is 0.545. The second-order valence-corrected chi connectivity index (χ2v) is 7.73. The zero-order chi connectivity index (χ0) is 23.3. The molecule has 0 radical (unpaired) electrons. The molecule has 1 saturated heterocycles. The van der Waals surface area contributed by atoms with Gasteiger partial charge in [-0.2, -0.15) is 0 Å². The molecule has 0 aliphatic carbocycles. The molecule has 5 N–H and O–H groups in total. The lowest BCUT2D eigenvalue weighted by atomic mass is 9.94. The van der Waals surface area contributed by atoms with Gasteiger partial charge in [-0.05, 0) is 37.2 Å². The fourth-order valence-electron chi connectivity index (χ4n) is 3.43. The largest absolute Gasteiger partial charge is 0.443 e. The summed E-state index contributed by atoms with van der Waals surface area (Å²) < 4.78 is 9.64. The van der Waals surface area contributed by atoms with E-state index >= 15 is 0 Å². The summed E-state index contributed by atoms with van der Waals surface area (Å²) in [5.74, 6) is 0.639. The van der Waals surface area contributed by atoms with Crippen LogP contribution in [0.25, 0.3) is 0 Å². The first-order valence-corrected chi connectivity index (χ1v) is 10.9. The third-order valence-electron chi connectivity index (χ3n) is 5.39. The SMILES string of the molecule is CCC1CCN(C(=O)C(N)CCCNC(=O)OC(N)=NC(=O)OCc2ccccc2)CC1. The van der Waals surface area contributed by atoms with Crippen LogP contribution >= 0.6 is 0 Å². The van der Waals surface area contributed by atoms with Crippen LogP contribution in [0.1, 0.15) is 44.6 Å². The van der Waals surface area contributed by atoms with Gasteiger partial charge in [-0.1, -0.05) is 43.7 Å². The lowest BCUT2D eigenvalue weighted by Crippen LogP contribution is -2.47. The molecule has 0 aromatic heterocycles. The number of aliphatic imine (C=N–C) groups is 1. The monoisotopic (exact) mass is 447 g/mol. The van der Waals surface area contributed by atoms with Crippen LogP contribution in [-0.2, 0) is 20.9 Å². The van der Waals surface area contributed by atoms with Crippen molar-refractivity contribution in [2.75, 3.05) is 19.6 Å². The van der Waals surface area contributed by atoms with E-state index in [2.05, 4.69) is 17.2 Å². The number of rotatable bonds is 8. The second-order valence-electron chi connectivity index (χ2n) is 7.73. The Labute approximate surface area is 188 Å². The number of nitrogens with two attached hydrogens (primary N) is 2. The van der Waals surface area contributed by atoms with E-state index in [0.29, 0.717) is 18.8 Å². The third kappa shape index (κ3) is 8.93. The molecule has 0 saturated carbocycles. The predicted octanol–water partition coefficient (Wildman–Crippen LogP) is 2.12. The maximum Gasteiger partial charge on any atom is 0.438 e. The molecule has 2 rings (SSSR count). The molecule has 3 amide bonds. The number of benzene rings is 1. The van der Waals surface area contributed by atoms with Crippen molar-refractivity contribution in [1.82, 2.24) is 10.2 Å². The van der Waals surface area contributed by atoms with Gasteiger partial charge in [0.2, 0.25) is 5.91 Å². The zero-order valence-electron chi connectivity index (χ0n) is 18.5. The highest BCUT2D eigenvalue weighted by molar-refractivity contribution is 5.91. The lowest BCUT2D eigenvalue weighted by molar-refractivity contribution is -0.134. The van der Waals surface area contributed by atoms with Gasteiger partial charge in [0.1, 0.15) is 6.61 Å². The molecule has 176 valence electrons. The van der Waals surface area contributed by atoms with Crippen LogP contribution in [0, 0.1) is 5.92 Å². The van der Waals surface area contributed by atoms with Gasteiger partial charge in [-0.15, -0.1) is 4.99 Å². The Morgan fingerprint density at radius 3 is 2.56 bits per heavy atom. The van der Waals surface area contributed by atoms with E-state index in [0.717, 1.165) is 37.9 Å². The quantitative estimate of drug-likeness (QED) is 0.314. The average molecular weight is 448 g/mol. The number of amides is 3. The molecule has 32 heavy (non-hydrogen) atoms. The van der Waals surface area contributed by atoms with Crippen molar-refractivity contribution in [2.45, 2.75) is 51.7 Å². The second kappa shape index (κ2) is 13.3. The highest BCUT2D eigenvalue weighted by atomic mass is 16.6. The third-order valence-corrected chi connectivity index (χ3v) is 5.39. The van der Waals surface area contributed by atoms with Gasteiger partial charge in [0, 0.05) is 19.6 Å². The summed E-state index contributed by atoms with van der Waals surface area (Å²) in [6.45, 7) is 3.94. The molecule has 1 unspecified atom stereocenters. The molecule has 1 fully saturated rings. The zero-order valence-corrected chi connectivity index (χ0v) is 18.5. The fourth-order valence-corrected chi connectivity index (χ4v) is 3.43. The first-order chi connectivity index (χ1) is 15.4. The summed E-state index contributed by atoms with van der Waals surface area (Å²) in [6, 6.07) is 7.82. The number of carbonyl (C=O) groups excluding carboxylic acids is 3. The van der Waals surface area contributed by atoms with E-state index in [9.17, 15) is 14.4 Å². The van der Waals surface area contributed by atoms with Crippen molar-refractivity contribution >= 4 is 24.1 Å². The van der Waals surface area contributed by atoms with E-state index in [1.807, 2.05) is 23.1 Å². The van der Waals surface area contributed by atoms with Crippen LogP contribution in [0.5, 0.6) is 0 Å². The number of nitrogens with zero attached hydrogens (tertiary/aromatic N) is 2. The van der Waals surface area contributed by atoms with Crippen molar-refractivity contribution < 1.29 is 23.9 Å². The van der Waals surface area contributed by atoms with Crippen molar-refractivity contribution in [1.29, 1.82) is 0 Å². The highest BCUT2D eigenvalue weighted by Gasteiger charge is 2.25. The summed E-state index contributed by atoms with van der Waals surface area (Å²) in [4.78, 5) is 41.0. The van der Waals surface area contributed by atoms with Crippen LogP contribution < -0.4 is 16.8 Å². The molecule has 0 bridgehead atoms. The first-order valence-electron chi connectivity index (χ1n) is 10.9. The van der Waals surface area contributed by atoms with Crippen LogP contribution in [0.3, 0.4) is 0 Å². The maximum absolute atomic E-state index is 12.4. The Balaban J connectivity index is 1.60. The number of carbonyl (C=O) groups is 3. The van der Waals surface area contributed by atoms with Crippen molar-refractivity contribution in [3.05, 3.63) is 35.9 Å². The molecule has 0 spiro atoms. The molecule has 1 aliphatic heterocycles. The van der Waals surface area contributed by atoms with E-state index < -0.39 is 24.3 Å². The molecular formula is C22H33N5O5. The molecule has 10 heteroatoms. The van der Waals surface area contributed by atoms with Gasteiger partial charge in [-0.3, -0.25) is 4.79 Å².